The van der Waals surface area contributed by atoms with Crippen LogP contribution in [-0.4, -0.2) is 26.4 Å². The molecule has 108 valence electrons. The molecule has 0 amide bonds. The van der Waals surface area contributed by atoms with Gasteiger partial charge in [-0.2, -0.15) is 0 Å². The number of rotatable bonds is 3. The molecule has 0 aliphatic carbocycles. The van der Waals surface area contributed by atoms with Crippen LogP contribution < -0.4 is 4.74 Å². The third-order valence-corrected chi connectivity index (χ3v) is 2.56. The van der Waals surface area contributed by atoms with Crippen LogP contribution in [0.5, 0.6) is 28.7 Å². The van der Waals surface area contributed by atoms with Crippen molar-refractivity contribution in [2.24, 2.45) is 0 Å². The Bertz CT molecular complexity index is 705. The number of ether oxygens (including phenoxy) is 1. The standard InChI is InChI=1S/C15H12O6/c16-10-3-5-14(13(19)8-10)21-15(20)6-2-9-1-4-11(17)12(18)7-9/h1-8,16-19H/b6-2+. The second-order valence-electron chi connectivity index (χ2n) is 4.15. The fourth-order valence-electron chi connectivity index (χ4n) is 1.54. The highest BCUT2D eigenvalue weighted by Gasteiger charge is 2.07. The highest BCUT2D eigenvalue weighted by atomic mass is 16.5. The second kappa shape index (κ2) is 5.87. The Kier molecular flexibility index (Phi) is 3.99. The van der Waals surface area contributed by atoms with Gasteiger partial charge in [0.2, 0.25) is 0 Å². The summed E-state index contributed by atoms with van der Waals surface area (Å²) in [7, 11) is 0. The smallest absolute Gasteiger partial charge is 0.336 e. The molecule has 2 aromatic carbocycles. The Hall–Kier alpha value is -3.15. The lowest BCUT2D eigenvalue weighted by atomic mass is 10.2. The van der Waals surface area contributed by atoms with E-state index >= 15 is 0 Å². The first-order valence-electron chi connectivity index (χ1n) is 5.89. The lowest BCUT2D eigenvalue weighted by Gasteiger charge is -2.04. The van der Waals surface area contributed by atoms with E-state index in [2.05, 4.69) is 0 Å². The highest BCUT2D eigenvalue weighted by Crippen LogP contribution is 2.29. The number of aromatic hydroxyl groups is 4. The van der Waals surface area contributed by atoms with E-state index in [9.17, 15) is 15.0 Å². The van der Waals surface area contributed by atoms with Gasteiger partial charge in [0.1, 0.15) is 5.75 Å². The SMILES string of the molecule is O=C(/C=C/c1ccc(O)c(O)c1)Oc1ccc(O)cc1O. The normalized spacial score (nSPS) is 10.7. The van der Waals surface area contributed by atoms with Crippen molar-refractivity contribution in [1.29, 1.82) is 0 Å². The minimum atomic E-state index is -0.747. The second-order valence-corrected chi connectivity index (χ2v) is 4.15. The van der Waals surface area contributed by atoms with E-state index in [1.54, 1.807) is 0 Å². The fraction of sp³-hybridized carbons (Fsp3) is 0. The van der Waals surface area contributed by atoms with Crippen LogP contribution in [0.2, 0.25) is 0 Å². The maximum atomic E-state index is 11.6. The predicted octanol–water partition coefficient (Wildman–Crippen LogP) is 2.13. The molecule has 0 aliphatic rings. The van der Waals surface area contributed by atoms with Gasteiger partial charge in [-0.25, -0.2) is 4.79 Å². The van der Waals surface area contributed by atoms with Crippen LogP contribution in [-0.2, 0) is 4.79 Å². The van der Waals surface area contributed by atoms with Crippen molar-refractivity contribution in [3.8, 4) is 28.7 Å². The van der Waals surface area contributed by atoms with Crippen LogP contribution in [0.3, 0.4) is 0 Å². The van der Waals surface area contributed by atoms with Gasteiger partial charge in [0.25, 0.3) is 0 Å². The van der Waals surface area contributed by atoms with E-state index < -0.39 is 5.97 Å². The van der Waals surface area contributed by atoms with Gasteiger partial charge in [0, 0.05) is 12.1 Å². The first-order chi connectivity index (χ1) is 9.95. The summed E-state index contributed by atoms with van der Waals surface area (Å²) >= 11 is 0. The van der Waals surface area contributed by atoms with E-state index in [-0.39, 0.29) is 28.7 Å². The number of phenols is 4. The average molecular weight is 288 g/mol. The minimum absolute atomic E-state index is 0.0870. The van der Waals surface area contributed by atoms with Gasteiger partial charge in [0.15, 0.2) is 23.0 Å². The summed E-state index contributed by atoms with van der Waals surface area (Å²) in [5.41, 5.74) is 0.483. The Balaban J connectivity index is 2.07. The molecule has 21 heavy (non-hydrogen) atoms. The molecule has 0 atom stereocenters. The van der Waals surface area contributed by atoms with Crippen molar-refractivity contribution in [2.45, 2.75) is 0 Å². The van der Waals surface area contributed by atoms with Crippen LogP contribution in [0.1, 0.15) is 5.56 Å². The van der Waals surface area contributed by atoms with Crippen molar-refractivity contribution >= 4 is 12.0 Å². The van der Waals surface area contributed by atoms with Crippen molar-refractivity contribution in [3.63, 3.8) is 0 Å². The molecule has 2 rings (SSSR count). The van der Waals surface area contributed by atoms with Gasteiger partial charge in [-0.05, 0) is 35.9 Å². The number of hydrogen-bond donors (Lipinski definition) is 4. The summed E-state index contributed by atoms with van der Waals surface area (Å²) in [6.07, 6.45) is 2.47. The Morgan fingerprint density at radius 3 is 2.33 bits per heavy atom. The Labute approximate surface area is 119 Å². The first-order valence-corrected chi connectivity index (χ1v) is 5.89. The number of benzene rings is 2. The molecular weight excluding hydrogens is 276 g/mol. The van der Waals surface area contributed by atoms with E-state index in [4.69, 9.17) is 14.9 Å². The molecule has 0 unspecified atom stereocenters. The summed E-state index contributed by atoms with van der Waals surface area (Å²) in [6, 6.07) is 7.62. The Morgan fingerprint density at radius 1 is 0.905 bits per heavy atom. The lowest BCUT2D eigenvalue weighted by Crippen LogP contribution is -2.03. The number of phenolic OH excluding ortho intramolecular Hbond substituents is 4. The van der Waals surface area contributed by atoms with Crippen LogP contribution in [0.4, 0.5) is 0 Å². The largest absolute Gasteiger partial charge is 0.508 e. The van der Waals surface area contributed by atoms with Crippen LogP contribution in [0.25, 0.3) is 6.08 Å². The van der Waals surface area contributed by atoms with Crippen LogP contribution >= 0.6 is 0 Å². The fourth-order valence-corrected chi connectivity index (χ4v) is 1.54. The molecule has 6 nitrogen and oxygen atoms in total. The van der Waals surface area contributed by atoms with E-state index in [0.717, 1.165) is 12.1 Å². The molecule has 4 N–H and O–H groups in total. The number of carbonyl (C=O) groups excluding carboxylic acids is 1. The highest BCUT2D eigenvalue weighted by molar-refractivity contribution is 5.89. The molecule has 0 heterocycles. The van der Waals surface area contributed by atoms with Crippen LogP contribution in [0.15, 0.2) is 42.5 Å². The average Bonchev–Trinajstić information content (AvgIpc) is 2.43. The zero-order chi connectivity index (χ0) is 15.4. The number of carbonyl (C=O) groups is 1. The molecule has 0 spiro atoms. The van der Waals surface area contributed by atoms with Crippen molar-refractivity contribution in [3.05, 3.63) is 48.0 Å². The molecule has 0 bridgehead atoms. The Morgan fingerprint density at radius 2 is 1.67 bits per heavy atom. The summed E-state index contributed by atoms with van der Waals surface area (Å²) in [5, 5.41) is 37.0. The van der Waals surface area contributed by atoms with Crippen LogP contribution in [0, 0.1) is 0 Å². The number of hydrogen-bond acceptors (Lipinski definition) is 6. The molecule has 0 fully saturated rings. The summed E-state index contributed by atoms with van der Waals surface area (Å²) < 4.78 is 4.88. The lowest BCUT2D eigenvalue weighted by molar-refractivity contribution is -0.129. The van der Waals surface area contributed by atoms with Gasteiger partial charge in [-0.15, -0.1) is 0 Å². The maximum Gasteiger partial charge on any atom is 0.336 e. The van der Waals surface area contributed by atoms with E-state index in [1.807, 2.05) is 0 Å². The molecule has 0 aliphatic heterocycles. The molecule has 6 heteroatoms. The zero-order valence-electron chi connectivity index (χ0n) is 10.7. The molecule has 0 radical (unpaired) electrons. The molecule has 0 aromatic heterocycles. The first kappa shape index (κ1) is 14.3. The molecular formula is C15H12O6. The maximum absolute atomic E-state index is 11.6. The van der Waals surface area contributed by atoms with Gasteiger partial charge in [-0.3, -0.25) is 0 Å². The van der Waals surface area contributed by atoms with Gasteiger partial charge in [0.05, 0.1) is 0 Å². The molecule has 0 saturated heterocycles. The summed E-state index contributed by atoms with van der Waals surface area (Å²) in [5.74, 6) is -1.91. The zero-order valence-corrected chi connectivity index (χ0v) is 10.7. The number of esters is 1. The van der Waals surface area contributed by atoms with E-state index in [1.165, 1.54) is 36.4 Å². The van der Waals surface area contributed by atoms with Crippen molar-refractivity contribution < 1.29 is 30.0 Å². The molecule has 0 saturated carbocycles. The van der Waals surface area contributed by atoms with Gasteiger partial charge in [-0.1, -0.05) is 6.07 Å². The van der Waals surface area contributed by atoms with E-state index in [0.29, 0.717) is 5.56 Å². The topological polar surface area (TPSA) is 107 Å². The third kappa shape index (κ3) is 3.66. The molecule has 2 aromatic rings. The predicted molar refractivity (Wildman–Crippen MR) is 74.2 cm³/mol. The van der Waals surface area contributed by atoms with Crippen molar-refractivity contribution in [1.82, 2.24) is 0 Å². The summed E-state index contributed by atoms with van der Waals surface area (Å²) in [6.45, 7) is 0. The van der Waals surface area contributed by atoms with Gasteiger partial charge >= 0.3 is 5.97 Å². The summed E-state index contributed by atoms with van der Waals surface area (Å²) in [4.78, 5) is 11.6. The third-order valence-electron chi connectivity index (χ3n) is 2.56. The van der Waals surface area contributed by atoms with Gasteiger partial charge < -0.3 is 25.2 Å². The quantitative estimate of drug-likeness (QED) is 0.298. The minimum Gasteiger partial charge on any atom is -0.508 e. The monoisotopic (exact) mass is 288 g/mol. The van der Waals surface area contributed by atoms with Crippen molar-refractivity contribution in [2.75, 3.05) is 0 Å².